The van der Waals surface area contributed by atoms with Gasteiger partial charge in [-0.2, -0.15) is 5.26 Å². The second-order valence-electron chi connectivity index (χ2n) is 7.90. The Morgan fingerprint density at radius 3 is 2.44 bits per heavy atom. The Labute approximate surface area is 150 Å². The fourth-order valence-electron chi connectivity index (χ4n) is 4.98. The van der Waals surface area contributed by atoms with Gasteiger partial charge in [-0.25, -0.2) is 0 Å². The number of nitrogens with zero attached hydrogens (tertiary/aromatic N) is 3. The maximum atomic E-state index is 12.6. The van der Waals surface area contributed by atoms with E-state index in [1.54, 1.807) is 6.92 Å². The molecule has 138 valence electrons. The third-order valence-corrected chi connectivity index (χ3v) is 6.21. The number of likely N-dealkylation sites (tertiary alicyclic amines) is 2. The molecule has 2 atom stereocenters. The van der Waals surface area contributed by atoms with Crippen molar-refractivity contribution in [3.63, 3.8) is 0 Å². The number of carbonyl (C=O) groups excluding carboxylic acids is 2. The molecule has 0 unspecified atom stereocenters. The van der Waals surface area contributed by atoms with E-state index in [1.165, 1.54) is 0 Å². The van der Waals surface area contributed by atoms with Gasteiger partial charge in [-0.15, -0.1) is 0 Å². The van der Waals surface area contributed by atoms with Crippen molar-refractivity contribution in [3.05, 3.63) is 0 Å². The van der Waals surface area contributed by atoms with Crippen LogP contribution in [0.5, 0.6) is 0 Å². The van der Waals surface area contributed by atoms with Crippen LogP contribution >= 0.6 is 0 Å². The van der Waals surface area contributed by atoms with E-state index in [0.717, 1.165) is 70.9 Å². The van der Waals surface area contributed by atoms with Crippen molar-refractivity contribution < 1.29 is 9.59 Å². The molecule has 2 amide bonds. The zero-order chi connectivity index (χ0) is 17.9. The highest BCUT2D eigenvalue weighted by Gasteiger charge is 2.40. The summed E-state index contributed by atoms with van der Waals surface area (Å²) in [4.78, 5) is 28.7. The molecule has 0 aromatic carbocycles. The number of hydrogen-bond acceptors (Lipinski definition) is 4. The Hall–Kier alpha value is -1.61. The number of carbonyl (C=O) groups is 2. The van der Waals surface area contributed by atoms with Gasteiger partial charge < -0.3 is 10.2 Å². The summed E-state index contributed by atoms with van der Waals surface area (Å²) in [6.45, 7) is 3.73. The second-order valence-corrected chi connectivity index (χ2v) is 7.90. The molecule has 6 heteroatoms. The molecule has 3 aliphatic rings. The van der Waals surface area contributed by atoms with E-state index in [2.05, 4.69) is 16.3 Å². The zero-order valence-corrected chi connectivity index (χ0v) is 15.3. The Morgan fingerprint density at radius 1 is 1.08 bits per heavy atom. The van der Waals surface area contributed by atoms with Crippen LogP contribution in [0.1, 0.15) is 64.7 Å². The maximum Gasteiger partial charge on any atom is 0.235 e. The Balaban J connectivity index is 1.60. The minimum absolute atomic E-state index is 0.0391. The van der Waals surface area contributed by atoms with Crippen molar-refractivity contribution in [2.75, 3.05) is 19.6 Å². The number of rotatable bonds is 4. The van der Waals surface area contributed by atoms with E-state index in [9.17, 15) is 14.9 Å². The quantitative estimate of drug-likeness (QED) is 0.842. The van der Waals surface area contributed by atoms with Gasteiger partial charge in [0.15, 0.2) is 0 Å². The summed E-state index contributed by atoms with van der Waals surface area (Å²) in [5.41, 5.74) is -0.663. The lowest BCUT2D eigenvalue weighted by Gasteiger charge is -2.36. The van der Waals surface area contributed by atoms with Gasteiger partial charge in [0.25, 0.3) is 0 Å². The lowest BCUT2D eigenvalue weighted by atomic mass is 9.83. The minimum Gasteiger partial charge on any atom is -0.338 e. The van der Waals surface area contributed by atoms with Crippen molar-refractivity contribution >= 4 is 11.8 Å². The summed E-state index contributed by atoms with van der Waals surface area (Å²) < 4.78 is 0. The number of amides is 2. The van der Waals surface area contributed by atoms with Crippen LogP contribution < -0.4 is 5.32 Å². The van der Waals surface area contributed by atoms with Gasteiger partial charge in [-0.05, 0) is 45.1 Å². The monoisotopic (exact) mass is 346 g/mol. The van der Waals surface area contributed by atoms with Crippen LogP contribution in [-0.2, 0) is 9.59 Å². The number of nitrogens with one attached hydrogen (secondary N) is 1. The predicted octanol–water partition coefficient (Wildman–Crippen LogP) is 1.80. The molecule has 2 saturated heterocycles. The van der Waals surface area contributed by atoms with E-state index in [-0.39, 0.29) is 23.9 Å². The van der Waals surface area contributed by atoms with E-state index in [1.807, 2.05) is 4.90 Å². The molecular weight excluding hydrogens is 316 g/mol. The van der Waals surface area contributed by atoms with E-state index in [4.69, 9.17) is 0 Å². The standard InChI is InChI=1S/C19H30N4O2/c1-15(24)23-12-6-8-17(23)16-7-5-11-22(16)13-18(25)21-19(14-20)9-3-2-4-10-19/h16-17H,2-13H2,1H3,(H,21,25)/t16-,17-/m1/s1. The smallest absolute Gasteiger partial charge is 0.235 e. The summed E-state index contributed by atoms with van der Waals surface area (Å²) >= 11 is 0. The molecule has 0 bridgehead atoms. The summed E-state index contributed by atoms with van der Waals surface area (Å²) in [6.07, 6.45) is 8.90. The molecule has 25 heavy (non-hydrogen) atoms. The highest BCUT2D eigenvalue weighted by molar-refractivity contribution is 5.79. The summed E-state index contributed by atoms with van der Waals surface area (Å²) in [7, 11) is 0. The van der Waals surface area contributed by atoms with Crippen LogP contribution in [0.25, 0.3) is 0 Å². The molecule has 0 aromatic rings. The van der Waals surface area contributed by atoms with E-state index >= 15 is 0 Å². The van der Waals surface area contributed by atoms with Crippen LogP contribution in [0.2, 0.25) is 0 Å². The lowest BCUT2D eigenvalue weighted by Crippen LogP contribution is -2.54. The maximum absolute atomic E-state index is 12.6. The zero-order valence-electron chi connectivity index (χ0n) is 15.3. The predicted molar refractivity (Wildman–Crippen MR) is 94.6 cm³/mol. The number of nitriles is 1. The molecule has 3 fully saturated rings. The molecule has 1 N–H and O–H groups in total. The lowest BCUT2D eigenvalue weighted by molar-refractivity contribution is -0.130. The molecule has 2 heterocycles. The highest BCUT2D eigenvalue weighted by atomic mass is 16.2. The van der Waals surface area contributed by atoms with Crippen LogP contribution in [0, 0.1) is 11.3 Å². The van der Waals surface area contributed by atoms with Gasteiger partial charge >= 0.3 is 0 Å². The van der Waals surface area contributed by atoms with Gasteiger partial charge in [0.1, 0.15) is 5.54 Å². The first kappa shape index (κ1) is 18.2. The van der Waals surface area contributed by atoms with Crippen LogP contribution in [0.3, 0.4) is 0 Å². The number of hydrogen-bond donors (Lipinski definition) is 1. The first-order valence-electron chi connectivity index (χ1n) is 9.78. The van der Waals surface area contributed by atoms with Crippen LogP contribution in [0.4, 0.5) is 0 Å². The molecule has 0 radical (unpaired) electrons. The SMILES string of the molecule is CC(=O)N1CCC[C@@H]1[C@H]1CCCN1CC(=O)NC1(C#N)CCCCC1. The normalized spacial score (nSPS) is 29.4. The molecule has 3 rings (SSSR count). The van der Waals surface area contributed by atoms with Gasteiger partial charge in [0.05, 0.1) is 12.6 Å². The van der Waals surface area contributed by atoms with E-state index < -0.39 is 5.54 Å². The Kier molecular flexibility index (Phi) is 5.63. The molecule has 1 saturated carbocycles. The van der Waals surface area contributed by atoms with Gasteiger partial charge in [0.2, 0.25) is 11.8 Å². The highest BCUT2D eigenvalue weighted by Crippen LogP contribution is 2.31. The van der Waals surface area contributed by atoms with Gasteiger partial charge in [-0.3, -0.25) is 14.5 Å². The van der Waals surface area contributed by atoms with Crippen molar-refractivity contribution in [2.24, 2.45) is 0 Å². The molecular formula is C19H30N4O2. The van der Waals surface area contributed by atoms with E-state index in [0.29, 0.717) is 6.54 Å². The average Bonchev–Trinajstić information content (AvgIpc) is 3.24. The fraction of sp³-hybridized carbons (Fsp3) is 0.842. The fourth-order valence-corrected chi connectivity index (χ4v) is 4.98. The second kappa shape index (κ2) is 7.74. The Bertz CT molecular complexity index is 550. The summed E-state index contributed by atoms with van der Waals surface area (Å²) in [5, 5.41) is 12.6. The van der Waals surface area contributed by atoms with Crippen molar-refractivity contribution in [2.45, 2.75) is 82.3 Å². The molecule has 1 aliphatic carbocycles. The molecule has 0 aromatic heterocycles. The van der Waals surface area contributed by atoms with Gasteiger partial charge in [0, 0.05) is 25.6 Å². The first-order valence-corrected chi connectivity index (χ1v) is 9.78. The van der Waals surface area contributed by atoms with Crippen molar-refractivity contribution in [1.82, 2.24) is 15.1 Å². The summed E-state index contributed by atoms with van der Waals surface area (Å²) in [6, 6.07) is 2.88. The molecule has 2 aliphatic heterocycles. The average molecular weight is 346 g/mol. The topological polar surface area (TPSA) is 76.4 Å². The van der Waals surface area contributed by atoms with Gasteiger partial charge in [-0.1, -0.05) is 19.3 Å². The molecule has 6 nitrogen and oxygen atoms in total. The largest absolute Gasteiger partial charge is 0.338 e. The van der Waals surface area contributed by atoms with Crippen molar-refractivity contribution in [1.29, 1.82) is 5.26 Å². The van der Waals surface area contributed by atoms with Crippen LogP contribution in [0.15, 0.2) is 0 Å². The van der Waals surface area contributed by atoms with Crippen LogP contribution in [-0.4, -0.2) is 58.9 Å². The minimum atomic E-state index is -0.663. The summed E-state index contributed by atoms with van der Waals surface area (Å²) in [5.74, 6) is 0.104. The third-order valence-electron chi connectivity index (χ3n) is 6.21. The van der Waals surface area contributed by atoms with Crippen molar-refractivity contribution in [3.8, 4) is 6.07 Å². The molecule has 0 spiro atoms. The first-order chi connectivity index (χ1) is 12.0. The third kappa shape index (κ3) is 3.98. The Morgan fingerprint density at radius 2 is 1.76 bits per heavy atom.